The molecule has 0 saturated carbocycles. The Balaban J connectivity index is 1.69. The van der Waals surface area contributed by atoms with E-state index in [0.29, 0.717) is 25.0 Å². The first-order valence-electron chi connectivity index (χ1n) is 7.57. The SMILES string of the molecule is CC(C)COc1cncc(N2CCOC(c3cccs3)C2)n1. The molecule has 6 heteroatoms. The van der Waals surface area contributed by atoms with Crippen molar-refractivity contribution in [1.29, 1.82) is 0 Å². The molecule has 3 rings (SSSR count). The van der Waals surface area contributed by atoms with E-state index in [1.54, 1.807) is 23.7 Å². The summed E-state index contributed by atoms with van der Waals surface area (Å²) in [5, 5.41) is 2.08. The molecule has 0 bridgehead atoms. The molecule has 1 fully saturated rings. The van der Waals surface area contributed by atoms with Crippen molar-refractivity contribution in [2.24, 2.45) is 5.92 Å². The second-order valence-electron chi connectivity index (χ2n) is 5.74. The molecule has 118 valence electrons. The standard InChI is InChI=1S/C16H21N3O2S/c1-12(2)11-21-16-9-17-8-15(18-16)19-5-6-20-13(10-19)14-4-3-7-22-14/h3-4,7-9,12-13H,5-6,10-11H2,1-2H3. The average molecular weight is 319 g/mol. The Morgan fingerprint density at radius 1 is 1.45 bits per heavy atom. The van der Waals surface area contributed by atoms with Crippen LogP contribution in [0.1, 0.15) is 24.8 Å². The van der Waals surface area contributed by atoms with Gasteiger partial charge in [0.25, 0.3) is 0 Å². The van der Waals surface area contributed by atoms with E-state index in [9.17, 15) is 0 Å². The van der Waals surface area contributed by atoms with E-state index in [2.05, 4.69) is 46.2 Å². The number of hydrogen-bond acceptors (Lipinski definition) is 6. The minimum atomic E-state index is 0.107. The van der Waals surface area contributed by atoms with E-state index in [0.717, 1.165) is 18.9 Å². The molecule has 0 spiro atoms. The minimum absolute atomic E-state index is 0.107. The van der Waals surface area contributed by atoms with E-state index in [4.69, 9.17) is 9.47 Å². The fourth-order valence-corrected chi connectivity index (χ4v) is 3.08. The van der Waals surface area contributed by atoms with Crippen LogP contribution in [0.3, 0.4) is 0 Å². The number of aromatic nitrogens is 2. The molecule has 22 heavy (non-hydrogen) atoms. The maximum atomic E-state index is 5.87. The van der Waals surface area contributed by atoms with Gasteiger partial charge in [-0.05, 0) is 17.4 Å². The number of nitrogens with zero attached hydrogens (tertiary/aromatic N) is 3. The number of ether oxygens (including phenoxy) is 2. The lowest BCUT2D eigenvalue weighted by molar-refractivity contribution is 0.0418. The van der Waals surface area contributed by atoms with Crippen molar-refractivity contribution in [2.45, 2.75) is 20.0 Å². The Morgan fingerprint density at radius 2 is 2.36 bits per heavy atom. The van der Waals surface area contributed by atoms with E-state index >= 15 is 0 Å². The Hall–Kier alpha value is -1.66. The lowest BCUT2D eigenvalue weighted by Gasteiger charge is -2.33. The normalized spacial score (nSPS) is 18.7. The number of hydrogen-bond donors (Lipinski definition) is 0. The van der Waals surface area contributed by atoms with Gasteiger partial charge in [-0.25, -0.2) is 0 Å². The number of anilines is 1. The zero-order valence-electron chi connectivity index (χ0n) is 12.9. The first kappa shape index (κ1) is 15.2. The third-order valence-electron chi connectivity index (χ3n) is 3.42. The average Bonchev–Trinajstić information content (AvgIpc) is 3.08. The quantitative estimate of drug-likeness (QED) is 0.847. The van der Waals surface area contributed by atoms with Gasteiger partial charge < -0.3 is 14.4 Å². The minimum Gasteiger partial charge on any atom is -0.476 e. The molecule has 1 atom stereocenters. The van der Waals surface area contributed by atoms with Crippen LogP contribution in [0, 0.1) is 5.92 Å². The van der Waals surface area contributed by atoms with Gasteiger partial charge in [-0.3, -0.25) is 4.98 Å². The van der Waals surface area contributed by atoms with Gasteiger partial charge in [0.2, 0.25) is 5.88 Å². The van der Waals surface area contributed by atoms with Crippen LogP contribution < -0.4 is 9.64 Å². The molecule has 1 aliphatic heterocycles. The van der Waals surface area contributed by atoms with Gasteiger partial charge in [0, 0.05) is 11.4 Å². The molecule has 3 heterocycles. The van der Waals surface area contributed by atoms with Crippen LogP contribution in [0.2, 0.25) is 0 Å². The third-order valence-corrected chi connectivity index (χ3v) is 4.38. The van der Waals surface area contributed by atoms with Gasteiger partial charge in [0.1, 0.15) is 6.10 Å². The Bertz CT molecular complexity index is 589. The molecule has 0 amide bonds. The summed E-state index contributed by atoms with van der Waals surface area (Å²) >= 11 is 1.73. The summed E-state index contributed by atoms with van der Waals surface area (Å²) in [6.45, 7) is 7.20. The summed E-state index contributed by atoms with van der Waals surface area (Å²) in [5.74, 6) is 1.91. The first-order chi connectivity index (χ1) is 10.7. The number of rotatable bonds is 5. The maximum absolute atomic E-state index is 5.87. The van der Waals surface area contributed by atoms with Crippen LogP contribution in [-0.2, 0) is 4.74 Å². The second-order valence-corrected chi connectivity index (χ2v) is 6.72. The summed E-state index contributed by atoms with van der Waals surface area (Å²) in [4.78, 5) is 12.3. The molecule has 2 aromatic heterocycles. The van der Waals surface area contributed by atoms with Crippen molar-refractivity contribution in [3.8, 4) is 5.88 Å². The maximum Gasteiger partial charge on any atom is 0.234 e. The second kappa shape index (κ2) is 7.07. The molecule has 0 aromatic carbocycles. The van der Waals surface area contributed by atoms with Gasteiger partial charge >= 0.3 is 0 Å². The molecule has 2 aromatic rings. The summed E-state index contributed by atoms with van der Waals surface area (Å²) in [5.41, 5.74) is 0. The smallest absolute Gasteiger partial charge is 0.234 e. The van der Waals surface area contributed by atoms with Gasteiger partial charge in [0.15, 0.2) is 5.82 Å². The van der Waals surface area contributed by atoms with Crippen LogP contribution >= 0.6 is 11.3 Å². The van der Waals surface area contributed by atoms with Gasteiger partial charge in [-0.15, -0.1) is 11.3 Å². The van der Waals surface area contributed by atoms with Crippen LogP contribution in [0.5, 0.6) is 5.88 Å². The molecule has 0 N–H and O–H groups in total. The third kappa shape index (κ3) is 3.75. The first-order valence-corrected chi connectivity index (χ1v) is 8.45. The van der Waals surface area contributed by atoms with Gasteiger partial charge in [-0.1, -0.05) is 19.9 Å². The molecule has 1 unspecified atom stereocenters. The predicted molar refractivity (Wildman–Crippen MR) is 87.6 cm³/mol. The van der Waals surface area contributed by atoms with Crippen molar-refractivity contribution in [3.63, 3.8) is 0 Å². The summed E-state index contributed by atoms with van der Waals surface area (Å²) in [7, 11) is 0. The number of thiophene rings is 1. The molecular formula is C16H21N3O2S. The lowest BCUT2D eigenvalue weighted by atomic mass is 10.2. The largest absolute Gasteiger partial charge is 0.476 e. The van der Waals surface area contributed by atoms with Crippen molar-refractivity contribution in [2.75, 3.05) is 31.2 Å². The summed E-state index contributed by atoms with van der Waals surface area (Å²) in [6, 6.07) is 4.18. The van der Waals surface area contributed by atoms with Crippen LogP contribution in [0.15, 0.2) is 29.9 Å². The van der Waals surface area contributed by atoms with Crippen LogP contribution in [-0.4, -0.2) is 36.3 Å². The Morgan fingerprint density at radius 3 is 3.14 bits per heavy atom. The highest BCUT2D eigenvalue weighted by Gasteiger charge is 2.24. The number of morpholine rings is 1. The van der Waals surface area contributed by atoms with Crippen LogP contribution in [0.4, 0.5) is 5.82 Å². The van der Waals surface area contributed by atoms with E-state index in [-0.39, 0.29) is 6.10 Å². The molecule has 5 nitrogen and oxygen atoms in total. The van der Waals surface area contributed by atoms with Crippen molar-refractivity contribution >= 4 is 17.2 Å². The van der Waals surface area contributed by atoms with Crippen molar-refractivity contribution in [1.82, 2.24) is 9.97 Å². The fraction of sp³-hybridized carbons (Fsp3) is 0.500. The molecule has 1 saturated heterocycles. The fourth-order valence-electron chi connectivity index (χ4n) is 2.32. The summed E-state index contributed by atoms with van der Waals surface area (Å²) < 4.78 is 11.5. The van der Waals surface area contributed by atoms with E-state index in [1.807, 2.05) is 0 Å². The monoisotopic (exact) mass is 319 g/mol. The predicted octanol–water partition coefficient (Wildman–Crippen LogP) is 3.15. The Kier molecular flexibility index (Phi) is 4.90. The molecular weight excluding hydrogens is 298 g/mol. The Labute approximate surface area is 134 Å². The van der Waals surface area contributed by atoms with Gasteiger partial charge in [0.05, 0.1) is 32.2 Å². The zero-order chi connectivity index (χ0) is 15.4. The molecule has 1 aliphatic rings. The van der Waals surface area contributed by atoms with E-state index in [1.165, 1.54) is 4.88 Å². The van der Waals surface area contributed by atoms with Crippen molar-refractivity contribution < 1.29 is 9.47 Å². The highest BCUT2D eigenvalue weighted by Crippen LogP contribution is 2.28. The molecule has 0 aliphatic carbocycles. The van der Waals surface area contributed by atoms with E-state index < -0.39 is 0 Å². The highest BCUT2D eigenvalue weighted by molar-refractivity contribution is 7.10. The summed E-state index contributed by atoms with van der Waals surface area (Å²) in [6.07, 6.45) is 3.57. The highest BCUT2D eigenvalue weighted by atomic mass is 32.1. The topological polar surface area (TPSA) is 47.5 Å². The van der Waals surface area contributed by atoms with Crippen LogP contribution in [0.25, 0.3) is 0 Å². The lowest BCUT2D eigenvalue weighted by Crippen LogP contribution is -2.38. The molecule has 0 radical (unpaired) electrons. The zero-order valence-corrected chi connectivity index (χ0v) is 13.8. The van der Waals surface area contributed by atoms with Crippen molar-refractivity contribution in [3.05, 3.63) is 34.8 Å². The van der Waals surface area contributed by atoms with Gasteiger partial charge in [-0.2, -0.15) is 4.98 Å².